The molecule has 72 valence electrons. The Morgan fingerprint density at radius 3 is 2.79 bits per heavy atom. The predicted octanol–water partition coefficient (Wildman–Crippen LogP) is 2.77. The number of nitrogens with one attached hydrogen (secondary N) is 2. The summed E-state index contributed by atoms with van der Waals surface area (Å²) in [5.74, 6) is 0. The van der Waals surface area contributed by atoms with Crippen molar-refractivity contribution in [2.24, 2.45) is 0 Å². The Balaban J connectivity index is 2.25. The van der Waals surface area contributed by atoms with Gasteiger partial charge in [-0.15, -0.1) is 0 Å². The van der Waals surface area contributed by atoms with Gasteiger partial charge in [0.2, 0.25) is 0 Å². The first-order chi connectivity index (χ1) is 6.75. The summed E-state index contributed by atoms with van der Waals surface area (Å²) in [6.45, 7) is 4.18. The largest absolute Gasteiger partial charge is 0.353 e. The van der Waals surface area contributed by atoms with Gasteiger partial charge in [0.25, 0.3) is 0 Å². The highest BCUT2D eigenvalue weighted by molar-refractivity contribution is 5.62. The molecule has 2 aromatic rings. The molecule has 1 aromatic carbocycles. The molecular weight excluding hydrogens is 174 g/mol. The molecule has 14 heavy (non-hydrogen) atoms. The zero-order valence-corrected chi connectivity index (χ0v) is 8.33. The van der Waals surface area contributed by atoms with Crippen LogP contribution in [-0.4, -0.2) is 10.2 Å². The second-order valence-electron chi connectivity index (χ2n) is 3.43. The van der Waals surface area contributed by atoms with Crippen LogP contribution in [0.1, 0.15) is 11.1 Å². The van der Waals surface area contributed by atoms with E-state index in [0.717, 1.165) is 11.4 Å². The third-order valence-electron chi connectivity index (χ3n) is 2.16. The summed E-state index contributed by atoms with van der Waals surface area (Å²) >= 11 is 0. The van der Waals surface area contributed by atoms with Crippen molar-refractivity contribution in [1.82, 2.24) is 10.2 Å². The summed E-state index contributed by atoms with van der Waals surface area (Å²) in [6.07, 6.45) is 3.60. The highest BCUT2D eigenvalue weighted by atomic mass is 15.1. The molecule has 0 amide bonds. The molecule has 0 fully saturated rings. The molecule has 1 aromatic heterocycles. The second-order valence-corrected chi connectivity index (χ2v) is 3.43. The minimum absolute atomic E-state index is 0.983. The van der Waals surface area contributed by atoms with Crippen LogP contribution in [0, 0.1) is 13.8 Å². The maximum atomic E-state index is 3.88. The van der Waals surface area contributed by atoms with Crippen LogP contribution < -0.4 is 5.32 Å². The minimum Gasteiger partial charge on any atom is -0.353 e. The van der Waals surface area contributed by atoms with Gasteiger partial charge in [-0.25, -0.2) is 0 Å². The third-order valence-corrected chi connectivity index (χ3v) is 2.16. The maximum Gasteiger partial charge on any atom is 0.0767 e. The molecule has 0 saturated carbocycles. The van der Waals surface area contributed by atoms with E-state index in [-0.39, 0.29) is 0 Å². The van der Waals surface area contributed by atoms with Crippen molar-refractivity contribution < 1.29 is 0 Å². The number of H-pyrrole nitrogens is 1. The lowest BCUT2D eigenvalue weighted by atomic mass is 10.1. The Morgan fingerprint density at radius 2 is 2.14 bits per heavy atom. The van der Waals surface area contributed by atoms with Crippen molar-refractivity contribution in [3.8, 4) is 0 Å². The van der Waals surface area contributed by atoms with Gasteiger partial charge in [0.1, 0.15) is 0 Å². The Morgan fingerprint density at radius 1 is 1.29 bits per heavy atom. The fourth-order valence-corrected chi connectivity index (χ4v) is 1.43. The van der Waals surface area contributed by atoms with Gasteiger partial charge in [0.15, 0.2) is 0 Å². The summed E-state index contributed by atoms with van der Waals surface area (Å²) in [5, 5.41) is 9.93. The van der Waals surface area contributed by atoms with Crippen LogP contribution in [0.15, 0.2) is 30.6 Å². The van der Waals surface area contributed by atoms with Crippen LogP contribution in [0.4, 0.5) is 11.4 Å². The van der Waals surface area contributed by atoms with Gasteiger partial charge < -0.3 is 5.32 Å². The smallest absolute Gasteiger partial charge is 0.0767 e. The summed E-state index contributed by atoms with van der Waals surface area (Å²) in [4.78, 5) is 0. The quantitative estimate of drug-likeness (QED) is 0.759. The van der Waals surface area contributed by atoms with Gasteiger partial charge in [-0.3, -0.25) is 5.10 Å². The van der Waals surface area contributed by atoms with E-state index in [9.17, 15) is 0 Å². The van der Waals surface area contributed by atoms with E-state index in [0.29, 0.717) is 0 Å². The second kappa shape index (κ2) is 3.54. The molecule has 0 unspecified atom stereocenters. The molecular formula is C11H13N3. The standard InChI is InChI=1S/C11H13N3/c1-8-3-4-11(9(2)5-8)14-10-6-12-13-7-10/h3-7,14H,1-2H3,(H,12,13). The minimum atomic E-state index is 0.983. The predicted molar refractivity (Wildman–Crippen MR) is 57.8 cm³/mol. The molecule has 0 aliphatic heterocycles. The lowest BCUT2D eigenvalue weighted by Crippen LogP contribution is -1.91. The van der Waals surface area contributed by atoms with E-state index >= 15 is 0 Å². The van der Waals surface area contributed by atoms with Crippen molar-refractivity contribution in [1.29, 1.82) is 0 Å². The molecule has 0 aliphatic rings. The normalized spacial score (nSPS) is 10.1. The van der Waals surface area contributed by atoms with Crippen molar-refractivity contribution in [3.05, 3.63) is 41.7 Å². The Bertz CT molecular complexity index is 418. The number of hydrogen-bond donors (Lipinski definition) is 2. The van der Waals surface area contributed by atoms with Crippen LogP contribution >= 0.6 is 0 Å². The summed E-state index contributed by atoms with van der Waals surface area (Å²) in [5.41, 5.74) is 4.63. The Kier molecular flexibility index (Phi) is 2.23. The van der Waals surface area contributed by atoms with Crippen LogP contribution in [0.2, 0.25) is 0 Å². The van der Waals surface area contributed by atoms with E-state index in [1.165, 1.54) is 11.1 Å². The molecule has 0 atom stereocenters. The first-order valence-electron chi connectivity index (χ1n) is 4.59. The molecule has 0 spiro atoms. The zero-order chi connectivity index (χ0) is 9.97. The lowest BCUT2D eigenvalue weighted by Gasteiger charge is -2.07. The average Bonchev–Trinajstić information content (AvgIpc) is 2.62. The first kappa shape index (κ1) is 8.81. The number of anilines is 2. The van der Waals surface area contributed by atoms with Crippen LogP contribution in [-0.2, 0) is 0 Å². The first-order valence-corrected chi connectivity index (χ1v) is 4.59. The van der Waals surface area contributed by atoms with Crippen LogP contribution in [0.25, 0.3) is 0 Å². The van der Waals surface area contributed by atoms with E-state index in [1.54, 1.807) is 6.20 Å². The lowest BCUT2D eigenvalue weighted by molar-refractivity contribution is 1.09. The van der Waals surface area contributed by atoms with Gasteiger partial charge >= 0.3 is 0 Å². The van der Waals surface area contributed by atoms with E-state index < -0.39 is 0 Å². The molecule has 0 saturated heterocycles. The van der Waals surface area contributed by atoms with Crippen molar-refractivity contribution in [2.45, 2.75) is 13.8 Å². The van der Waals surface area contributed by atoms with Gasteiger partial charge in [-0.05, 0) is 25.5 Å². The summed E-state index contributed by atoms with van der Waals surface area (Å²) in [6, 6.07) is 6.33. The number of aromatic amines is 1. The Labute approximate surface area is 83.2 Å². The van der Waals surface area contributed by atoms with Crippen molar-refractivity contribution in [3.63, 3.8) is 0 Å². The number of hydrogen-bond acceptors (Lipinski definition) is 2. The number of aryl methyl sites for hydroxylation is 2. The average molecular weight is 187 g/mol. The van der Waals surface area contributed by atoms with Gasteiger partial charge in [-0.2, -0.15) is 5.10 Å². The summed E-state index contributed by atoms with van der Waals surface area (Å²) < 4.78 is 0. The highest BCUT2D eigenvalue weighted by Gasteiger charge is 1.99. The monoisotopic (exact) mass is 187 g/mol. The topological polar surface area (TPSA) is 40.7 Å². The molecule has 3 nitrogen and oxygen atoms in total. The fraction of sp³-hybridized carbons (Fsp3) is 0.182. The zero-order valence-electron chi connectivity index (χ0n) is 8.33. The molecule has 0 aliphatic carbocycles. The number of nitrogens with zero attached hydrogens (tertiary/aromatic N) is 1. The number of benzene rings is 1. The van der Waals surface area contributed by atoms with Crippen LogP contribution in [0.3, 0.4) is 0 Å². The van der Waals surface area contributed by atoms with Gasteiger partial charge in [-0.1, -0.05) is 17.7 Å². The van der Waals surface area contributed by atoms with Crippen molar-refractivity contribution >= 4 is 11.4 Å². The number of aromatic nitrogens is 2. The maximum absolute atomic E-state index is 3.88. The van der Waals surface area contributed by atoms with Crippen LogP contribution in [0.5, 0.6) is 0 Å². The van der Waals surface area contributed by atoms with Gasteiger partial charge in [0, 0.05) is 11.9 Å². The highest BCUT2D eigenvalue weighted by Crippen LogP contribution is 2.20. The van der Waals surface area contributed by atoms with Crippen molar-refractivity contribution in [2.75, 3.05) is 5.32 Å². The molecule has 0 radical (unpaired) electrons. The van der Waals surface area contributed by atoms with Gasteiger partial charge in [0.05, 0.1) is 11.9 Å². The SMILES string of the molecule is Cc1ccc(Nc2cn[nH]c2)c(C)c1. The van der Waals surface area contributed by atoms with E-state index in [2.05, 4.69) is 47.6 Å². The Hall–Kier alpha value is -1.77. The number of rotatable bonds is 2. The molecule has 1 heterocycles. The fourth-order valence-electron chi connectivity index (χ4n) is 1.43. The molecule has 3 heteroatoms. The third kappa shape index (κ3) is 1.76. The molecule has 0 bridgehead atoms. The molecule has 2 N–H and O–H groups in total. The van der Waals surface area contributed by atoms with E-state index in [1.807, 2.05) is 6.20 Å². The molecule has 2 rings (SSSR count). The van der Waals surface area contributed by atoms with E-state index in [4.69, 9.17) is 0 Å². The summed E-state index contributed by atoms with van der Waals surface area (Å²) in [7, 11) is 0.